The van der Waals surface area contributed by atoms with E-state index in [-0.39, 0.29) is 98.1 Å². The van der Waals surface area contributed by atoms with Crippen molar-refractivity contribution in [1.82, 2.24) is 0 Å². The van der Waals surface area contributed by atoms with Crippen LogP contribution >= 0.6 is 0 Å². The van der Waals surface area contributed by atoms with Gasteiger partial charge in [0.15, 0.2) is 0 Å². The molecular formula is C6H20I2N2Pd-4. The van der Waals surface area contributed by atoms with Crippen molar-refractivity contribution in [3.05, 3.63) is 29.7 Å². The van der Waals surface area contributed by atoms with Crippen molar-refractivity contribution in [2.24, 2.45) is 11.5 Å². The van der Waals surface area contributed by atoms with Gasteiger partial charge in [-0.25, -0.2) is 0 Å². The van der Waals surface area contributed by atoms with Crippen molar-refractivity contribution in [2.45, 2.75) is 0 Å². The van der Waals surface area contributed by atoms with Crippen LogP contribution in [0.2, 0.25) is 0 Å². The van der Waals surface area contributed by atoms with E-state index in [4.69, 9.17) is 11.5 Å². The van der Waals surface area contributed by atoms with Crippen molar-refractivity contribution < 1.29 is 68.4 Å². The maximum atomic E-state index is 4.90. The Morgan fingerprint density at radius 1 is 0.636 bits per heavy atom. The van der Waals surface area contributed by atoms with E-state index in [1.54, 1.807) is 0 Å². The Balaban J connectivity index is -0.00000000214. The van der Waals surface area contributed by atoms with Crippen LogP contribution in [0.3, 0.4) is 0 Å². The van der Waals surface area contributed by atoms with Crippen LogP contribution < -0.4 is 59.4 Å². The second-order valence-electron chi connectivity index (χ2n) is 0.577. The van der Waals surface area contributed by atoms with Gasteiger partial charge in [-0.2, -0.15) is 0 Å². The molecule has 2 nitrogen and oxygen atoms in total. The molecule has 0 spiro atoms. The van der Waals surface area contributed by atoms with E-state index in [0.29, 0.717) is 13.1 Å². The van der Waals surface area contributed by atoms with E-state index < -0.39 is 0 Å². The molecule has 0 amide bonds. The zero-order valence-corrected chi connectivity index (χ0v) is 13.5. The van der Waals surface area contributed by atoms with Crippen molar-refractivity contribution in [2.75, 3.05) is 13.1 Å². The second-order valence-corrected chi connectivity index (χ2v) is 0.577. The molecule has 0 bridgehead atoms. The molecule has 11 heavy (non-hydrogen) atoms. The SMILES string of the molecule is NCCN.[CH3-].[CH3-].[CH3-].[CH3-].[I-].[I-].[Pd+2]. The second kappa shape index (κ2) is 89.9. The maximum absolute atomic E-state index is 4.90. The summed E-state index contributed by atoms with van der Waals surface area (Å²) in [7, 11) is 0. The molecular weight excluding hydrogens is 460 g/mol. The van der Waals surface area contributed by atoms with Gasteiger partial charge in [-0.15, -0.1) is 0 Å². The van der Waals surface area contributed by atoms with Crippen LogP contribution in [0, 0.1) is 29.7 Å². The minimum atomic E-state index is 0. The molecule has 4 N–H and O–H groups in total. The van der Waals surface area contributed by atoms with Crippen LogP contribution in [0.4, 0.5) is 0 Å². The van der Waals surface area contributed by atoms with Crippen LogP contribution in [-0.2, 0) is 20.4 Å². The summed E-state index contributed by atoms with van der Waals surface area (Å²) in [6, 6.07) is 0. The first kappa shape index (κ1) is 74.4. The van der Waals surface area contributed by atoms with Gasteiger partial charge in [0, 0.05) is 13.1 Å². The van der Waals surface area contributed by atoms with Gasteiger partial charge in [-0.1, -0.05) is 0 Å². The molecule has 0 atom stereocenters. The first-order valence-corrected chi connectivity index (χ1v) is 1.32. The van der Waals surface area contributed by atoms with Gasteiger partial charge >= 0.3 is 20.4 Å². The molecule has 0 radical (unpaired) electrons. The minimum Gasteiger partial charge on any atom is -1.00 e. The summed E-state index contributed by atoms with van der Waals surface area (Å²) in [6.07, 6.45) is 0. The Hall–Kier alpha value is 2.04. The molecule has 0 aliphatic carbocycles. The Bertz CT molecular complexity index is 20.5. The topological polar surface area (TPSA) is 52.0 Å². The summed E-state index contributed by atoms with van der Waals surface area (Å²) in [5, 5.41) is 0. The molecule has 0 aromatic rings. The minimum absolute atomic E-state index is 0. The zero-order chi connectivity index (χ0) is 3.41. The summed E-state index contributed by atoms with van der Waals surface area (Å²) >= 11 is 0. The van der Waals surface area contributed by atoms with Crippen molar-refractivity contribution in [3.63, 3.8) is 0 Å². The predicted molar refractivity (Wildman–Crippen MR) is 43.8 cm³/mol. The zero-order valence-electron chi connectivity index (χ0n) is 7.64. The normalized spacial score (nSPS) is 2.73. The molecule has 0 unspecified atom stereocenters. The summed E-state index contributed by atoms with van der Waals surface area (Å²) in [5.74, 6) is 0. The van der Waals surface area contributed by atoms with Gasteiger partial charge in [-0.05, 0) is 0 Å². The molecule has 0 aliphatic heterocycles. The van der Waals surface area contributed by atoms with Crippen LogP contribution in [0.25, 0.3) is 0 Å². The van der Waals surface area contributed by atoms with E-state index in [2.05, 4.69) is 0 Å². The van der Waals surface area contributed by atoms with Crippen LogP contribution in [0.15, 0.2) is 0 Å². The van der Waals surface area contributed by atoms with E-state index in [0.717, 1.165) is 0 Å². The fourth-order valence-corrected chi connectivity index (χ4v) is 0. The van der Waals surface area contributed by atoms with E-state index in [9.17, 15) is 0 Å². The summed E-state index contributed by atoms with van der Waals surface area (Å²) in [6.45, 7) is 1.19. The number of halogens is 2. The standard InChI is InChI=1S/C2H8N2.4CH3.2HI.Pd/c3-1-2-4;;;;;;;/h1-4H2;4*1H3;2*1H;/q;4*-1;;;+2/p-2. The Morgan fingerprint density at radius 2 is 0.727 bits per heavy atom. The summed E-state index contributed by atoms with van der Waals surface area (Å²) in [5.41, 5.74) is 9.81. The third kappa shape index (κ3) is 131. The third-order valence-corrected chi connectivity index (χ3v) is 0.167. The third-order valence-electron chi connectivity index (χ3n) is 0.167. The van der Waals surface area contributed by atoms with Gasteiger partial charge in [0.2, 0.25) is 0 Å². The summed E-state index contributed by atoms with van der Waals surface area (Å²) < 4.78 is 0. The largest absolute Gasteiger partial charge is 2.00 e. The van der Waals surface area contributed by atoms with E-state index in [1.165, 1.54) is 0 Å². The summed E-state index contributed by atoms with van der Waals surface area (Å²) in [4.78, 5) is 0. The first-order valence-electron chi connectivity index (χ1n) is 1.32. The first-order chi connectivity index (χ1) is 1.91. The molecule has 0 heterocycles. The predicted octanol–water partition coefficient (Wildman–Crippen LogP) is -5.29. The number of hydrogen-bond acceptors (Lipinski definition) is 2. The Morgan fingerprint density at radius 3 is 0.727 bits per heavy atom. The van der Waals surface area contributed by atoms with Gasteiger partial charge in [0.1, 0.15) is 0 Å². The van der Waals surface area contributed by atoms with Gasteiger partial charge in [0.25, 0.3) is 0 Å². The molecule has 0 rings (SSSR count). The van der Waals surface area contributed by atoms with Crippen molar-refractivity contribution in [1.29, 1.82) is 0 Å². The van der Waals surface area contributed by atoms with Crippen molar-refractivity contribution in [3.8, 4) is 0 Å². The van der Waals surface area contributed by atoms with Gasteiger partial charge in [-0.3, -0.25) is 0 Å². The van der Waals surface area contributed by atoms with Crippen LogP contribution in [-0.4, -0.2) is 13.1 Å². The van der Waals surface area contributed by atoms with Crippen LogP contribution in [0.5, 0.6) is 0 Å². The quantitative estimate of drug-likeness (QED) is 0.224. The fraction of sp³-hybridized carbons (Fsp3) is 0.333. The van der Waals surface area contributed by atoms with Crippen molar-refractivity contribution >= 4 is 0 Å². The molecule has 5 heteroatoms. The molecule has 82 valence electrons. The smallest absolute Gasteiger partial charge is 1.00 e. The Labute approximate surface area is 121 Å². The fourth-order valence-electron chi connectivity index (χ4n) is 0. The number of nitrogens with two attached hydrogens (primary N) is 2. The molecule has 0 saturated carbocycles. The Kier molecular flexibility index (Phi) is 608. The van der Waals surface area contributed by atoms with E-state index >= 15 is 0 Å². The number of hydrogen-bond donors (Lipinski definition) is 2. The van der Waals surface area contributed by atoms with Gasteiger partial charge < -0.3 is 89.1 Å². The average molecular weight is 480 g/mol. The van der Waals surface area contributed by atoms with Gasteiger partial charge in [0.05, 0.1) is 0 Å². The molecule has 0 fully saturated rings. The average Bonchev–Trinajstić information content (AvgIpc) is 1.37. The maximum Gasteiger partial charge on any atom is 2.00 e. The van der Waals surface area contributed by atoms with Crippen LogP contribution in [0.1, 0.15) is 0 Å². The molecule has 0 aliphatic rings. The molecule has 0 aromatic carbocycles. The monoisotopic (exact) mass is 480 g/mol. The van der Waals surface area contributed by atoms with E-state index in [1.807, 2.05) is 0 Å². The number of rotatable bonds is 1. The molecule has 0 aromatic heterocycles. The molecule has 0 saturated heterocycles.